The maximum Gasteiger partial charge on any atom is 0.252 e. The lowest BCUT2D eigenvalue weighted by atomic mass is 9.81. The minimum atomic E-state index is -3.67. The average molecular weight is 367 g/mol. The Labute approximate surface area is 148 Å². The van der Waals surface area contributed by atoms with E-state index >= 15 is 0 Å². The molecule has 1 saturated carbocycles. The SMILES string of the molecule is CCNS(=O)(=O)c1ccc(C)c(C(=O)NC2(C(N)=O)CCCCC2)c1. The molecule has 4 N–H and O–H groups in total. The number of benzene rings is 1. The molecule has 2 rings (SSSR count). The highest BCUT2D eigenvalue weighted by Gasteiger charge is 2.39. The Morgan fingerprint density at radius 2 is 1.84 bits per heavy atom. The number of hydrogen-bond acceptors (Lipinski definition) is 4. The summed E-state index contributed by atoms with van der Waals surface area (Å²) >= 11 is 0. The minimum Gasteiger partial charge on any atom is -0.368 e. The predicted octanol–water partition coefficient (Wildman–Crippen LogP) is 1.21. The Bertz CT molecular complexity index is 768. The summed E-state index contributed by atoms with van der Waals surface area (Å²) in [5.74, 6) is -1.03. The molecule has 25 heavy (non-hydrogen) atoms. The van der Waals surface area contributed by atoms with Crippen molar-refractivity contribution in [1.82, 2.24) is 10.0 Å². The number of carbonyl (C=O) groups excluding carboxylic acids is 2. The van der Waals surface area contributed by atoms with Gasteiger partial charge in [0.15, 0.2) is 0 Å². The zero-order chi connectivity index (χ0) is 18.7. The molecule has 1 aliphatic carbocycles. The lowest BCUT2D eigenvalue weighted by Crippen LogP contribution is -2.58. The lowest BCUT2D eigenvalue weighted by Gasteiger charge is -2.35. The number of nitrogens with one attached hydrogen (secondary N) is 2. The molecule has 1 fully saturated rings. The normalized spacial score (nSPS) is 17.0. The quantitative estimate of drug-likeness (QED) is 0.700. The zero-order valence-corrected chi connectivity index (χ0v) is 15.4. The van der Waals surface area contributed by atoms with Crippen LogP contribution in [0.3, 0.4) is 0 Å². The van der Waals surface area contributed by atoms with E-state index in [9.17, 15) is 18.0 Å². The fourth-order valence-electron chi connectivity index (χ4n) is 3.16. The molecule has 7 nitrogen and oxygen atoms in total. The number of nitrogens with two attached hydrogens (primary N) is 1. The van der Waals surface area contributed by atoms with Crippen LogP contribution in [-0.2, 0) is 14.8 Å². The smallest absolute Gasteiger partial charge is 0.252 e. The molecule has 8 heteroatoms. The number of primary amides is 1. The largest absolute Gasteiger partial charge is 0.368 e. The highest BCUT2D eigenvalue weighted by molar-refractivity contribution is 7.89. The van der Waals surface area contributed by atoms with Gasteiger partial charge < -0.3 is 11.1 Å². The second-order valence-corrected chi connectivity index (χ2v) is 8.21. The third-order valence-electron chi connectivity index (χ3n) is 4.63. The van der Waals surface area contributed by atoms with Gasteiger partial charge in [0.2, 0.25) is 15.9 Å². The van der Waals surface area contributed by atoms with Crippen LogP contribution in [0.1, 0.15) is 54.9 Å². The molecule has 1 aromatic rings. The summed E-state index contributed by atoms with van der Waals surface area (Å²) < 4.78 is 26.7. The van der Waals surface area contributed by atoms with Crippen molar-refractivity contribution in [3.05, 3.63) is 29.3 Å². The van der Waals surface area contributed by atoms with E-state index in [-0.39, 0.29) is 17.0 Å². The molecule has 0 aliphatic heterocycles. The van der Waals surface area contributed by atoms with Crippen LogP contribution in [0.5, 0.6) is 0 Å². The Balaban J connectivity index is 2.34. The first-order chi connectivity index (χ1) is 11.7. The Hall–Kier alpha value is -1.93. The second kappa shape index (κ2) is 7.53. The fourth-order valence-corrected chi connectivity index (χ4v) is 4.23. The van der Waals surface area contributed by atoms with E-state index in [1.54, 1.807) is 19.9 Å². The van der Waals surface area contributed by atoms with E-state index < -0.39 is 27.4 Å². The number of hydrogen-bond donors (Lipinski definition) is 3. The summed E-state index contributed by atoms with van der Waals surface area (Å²) in [5.41, 5.74) is 5.34. The summed E-state index contributed by atoms with van der Waals surface area (Å²) in [6, 6.07) is 4.37. The van der Waals surface area contributed by atoms with Crippen molar-refractivity contribution >= 4 is 21.8 Å². The van der Waals surface area contributed by atoms with E-state index in [1.165, 1.54) is 12.1 Å². The van der Waals surface area contributed by atoms with Gasteiger partial charge in [0.25, 0.3) is 5.91 Å². The average Bonchev–Trinajstić information content (AvgIpc) is 2.55. The summed E-state index contributed by atoms with van der Waals surface area (Å²) in [4.78, 5) is 24.7. The highest BCUT2D eigenvalue weighted by Crippen LogP contribution is 2.28. The zero-order valence-electron chi connectivity index (χ0n) is 14.6. The summed E-state index contributed by atoms with van der Waals surface area (Å²) in [6.07, 6.45) is 3.64. The molecular formula is C17H25N3O4S. The first kappa shape index (κ1) is 19.4. The monoisotopic (exact) mass is 367 g/mol. The number of amides is 2. The minimum absolute atomic E-state index is 0.0156. The molecule has 0 spiro atoms. The van der Waals surface area contributed by atoms with Crippen LogP contribution in [-0.4, -0.2) is 32.3 Å². The van der Waals surface area contributed by atoms with Gasteiger partial charge in [-0.25, -0.2) is 13.1 Å². The van der Waals surface area contributed by atoms with Gasteiger partial charge in [-0.1, -0.05) is 32.3 Å². The van der Waals surface area contributed by atoms with Crippen molar-refractivity contribution in [3.63, 3.8) is 0 Å². The van der Waals surface area contributed by atoms with Crippen LogP contribution in [0.2, 0.25) is 0 Å². The van der Waals surface area contributed by atoms with Gasteiger partial charge in [0.1, 0.15) is 5.54 Å². The van der Waals surface area contributed by atoms with Crippen LogP contribution >= 0.6 is 0 Å². The fraction of sp³-hybridized carbons (Fsp3) is 0.529. The maximum atomic E-state index is 12.7. The van der Waals surface area contributed by atoms with E-state index in [0.717, 1.165) is 19.3 Å². The topological polar surface area (TPSA) is 118 Å². The molecule has 0 bridgehead atoms. The maximum absolute atomic E-state index is 12.7. The number of aryl methyl sites for hydroxylation is 1. The number of rotatable bonds is 6. The number of carbonyl (C=O) groups is 2. The predicted molar refractivity (Wildman–Crippen MR) is 94.5 cm³/mol. The molecule has 0 saturated heterocycles. The summed E-state index contributed by atoms with van der Waals surface area (Å²) in [7, 11) is -3.67. The third-order valence-corrected chi connectivity index (χ3v) is 6.17. The van der Waals surface area contributed by atoms with Crippen molar-refractivity contribution in [2.45, 2.75) is 56.4 Å². The van der Waals surface area contributed by atoms with E-state index in [1.807, 2.05) is 0 Å². The molecule has 0 aromatic heterocycles. The van der Waals surface area contributed by atoms with Gasteiger partial charge in [0, 0.05) is 12.1 Å². The molecule has 2 amide bonds. The van der Waals surface area contributed by atoms with Crippen LogP contribution in [0.15, 0.2) is 23.1 Å². The second-order valence-electron chi connectivity index (χ2n) is 6.44. The molecule has 0 unspecified atom stereocenters. The van der Waals surface area contributed by atoms with Gasteiger partial charge in [0.05, 0.1) is 4.90 Å². The summed E-state index contributed by atoms with van der Waals surface area (Å²) in [6.45, 7) is 3.65. The van der Waals surface area contributed by atoms with Crippen LogP contribution < -0.4 is 15.8 Å². The molecule has 0 atom stereocenters. The summed E-state index contributed by atoms with van der Waals surface area (Å²) in [5, 5.41) is 2.77. The van der Waals surface area contributed by atoms with Crippen LogP contribution in [0, 0.1) is 6.92 Å². The first-order valence-corrected chi connectivity index (χ1v) is 9.93. The molecular weight excluding hydrogens is 342 g/mol. The van der Waals surface area contributed by atoms with Crippen LogP contribution in [0.4, 0.5) is 0 Å². The molecule has 0 radical (unpaired) electrons. The lowest BCUT2D eigenvalue weighted by molar-refractivity contribution is -0.125. The molecule has 138 valence electrons. The van der Waals surface area contributed by atoms with Crippen molar-refractivity contribution in [2.75, 3.05) is 6.54 Å². The van der Waals surface area contributed by atoms with Gasteiger partial charge in [-0.3, -0.25) is 9.59 Å². The van der Waals surface area contributed by atoms with Crippen molar-refractivity contribution in [3.8, 4) is 0 Å². The van der Waals surface area contributed by atoms with Gasteiger partial charge in [-0.2, -0.15) is 0 Å². The molecule has 0 heterocycles. The molecule has 1 aromatic carbocycles. The third kappa shape index (κ3) is 4.19. The van der Waals surface area contributed by atoms with Gasteiger partial charge in [-0.05, 0) is 37.5 Å². The standard InChI is InChI=1S/C17H25N3O4S/c1-3-19-25(23,24)13-8-7-12(2)14(11-13)15(21)20-17(16(18)22)9-5-4-6-10-17/h7-8,11,19H,3-6,9-10H2,1-2H3,(H2,18,22)(H,20,21). The van der Waals surface area contributed by atoms with Crippen molar-refractivity contribution in [2.24, 2.45) is 5.73 Å². The first-order valence-electron chi connectivity index (χ1n) is 8.44. The highest BCUT2D eigenvalue weighted by atomic mass is 32.2. The number of sulfonamides is 1. The van der Waals surface area contributed by atoms with E-state index in [4.69, 9.17) is 5.73 Å². The Morgan fingerprint density at radius 3 is 2.40 bits per heavy atom. The van der Waals surface area contributed by atoms with Crippen molar-refractivity contribution in [1.29, 1.82) is 0 Å². The Kier molecular flexibility index (Phi) is 5.84. The van der Waals surface area contributed by atoms with Crippen molar-refractivity contribution < 1.29 is 18.0 Å². The van der Waals surface area contributed by atoms with E-state index in [2.05, 4.69) is 10.0 Å². The molecule has 1 aliphatic rings. The Morgan fingerprint density at radius 1 is 1.20 bits per heavy atom. The van der Waals surface area contributed by atoms with E-state index in [0.29, 0.717) is 18.4 Å². The van der Waals surface area contributed by atoms with Gasteiger partial charge >= 0.3 is 0 Å². The van der Waals surface area contributed by atoms with Crippen LogP contribution in [0.25, 0.3) is 0 Å². The van der Waals surface area contributed by atoms with Gasteiger partial charge in [-0.15, -0.1) is 0 Å².